The van der Waals surface area contributed by atoms with Crippen LogP contribution in [0.15, 0.2) is 64.6 Å². The molecule has 0 unspecified atom stereocenters. The summed E-state index contributed by atoms with van der Waals surface area (Å²) in [6.45, 7) is 0. The van der Waals surface area contributed by atoms with E-state index in [4.69, 9.17) is 5.14 Å². The van der Waals surface area contributed by atoms with E-state index in [9.17, 15) is 8.42 Å². The number of sulfonamides is 1. The summed E-state index contributed by atoms with van der Waals surface area (Å²) < 4.78 is 22.3. The number of nitrogens with two attached hydrogens (primary N) is 1. The highest BCUT2D eigenvalue weighted by molar-refractivity contribution is 7.89. The molecule has 0 fully saturated rings. The molecule has 2 aromatic carbocycles. The molecule has 0 saturated carbocycles. The maximum Gasteiger partial charge on any atom is 0.238 e. The SMILES string of the molecule is NS(=O)(=O)c1ccc(NN=Cc2cc3ccccc3[nH]2)cc1. The molecule has 0 spiro atoms. The van der Waals surface area contributed by atoms with E-state index in [0.29, 0.717) is 5.69 Å². The van der Waals surface area contributed by atoms with Gasteiger partial charge in [0.05, 0.1) is 22.5 Å². The number of para-hydroxylation sites is 1. The summed E-state index contributed by atoms with van der Waals surface area (Å²) in [6.07, 6.45) is 1.66. The summed E-state index contributed by atoms with van der Waals surface area (Å²) >= 11 is 0. The van der Waals surface area contributed by atoms with E-state index in [1.54, 1.807) is 18.3 Å². The van der Waals surface area contributed by atoms with E-state index in [2.05, 4.69) is 15.5 Å². The van der Waals surface area contributed by atoms with Crippen molar-refractivity contribution in [1.29, 1.82) is 0 Å². The fraction of sp³-hybridized carbons (Fsp3) is 0. The van der Waals surface area contributed by atoms with Crippen molar-refractivity contribution in [1.82, 2.24) is 4.98 Å². The lowest BCUT2D eigenvalue weighted by atomic mass is 10.2. The van der Waals surface area contributed by atoms with E-state index in [-0.39, 0.29) is 4.90 Å². The zero-order valence-electron chi connectivity index (χ0n) is 11.5. The molecule has 1 aromatic heterocycles. The van der Waals surface area contributed by atoms with Crippen LogP contribution in [-0.2, 0) is 10.0 Å². The van der Waals surface area contributed by atoms with E-state index >= 15 is 0 Å². The molecule has 0 aliphatic rings. The van der Waals surface area contributed by atoms with Gasteiger partial charge in [0, 0.05) is 10.9 Å². The number of fused-ring (bicyclic) bond motifs is 1. The number of rotatable bonds is 4. The Bertz CT molecular complexity index is 895. The largest absolute Gasteiger partial charge is 0.354 e. The Morgan fingerprint density at radius 3 is 2.50 bits per heavy atom. The molecule has 0 bridgehead atoms. The lowest BCUT2D eigenvalue weighted by Crippen LogP contribution is -2.11. The quantitative estimate of drug-likeness (QED) is 0.508. The van der Waals surface area contributed by atoms with Gasteiger partial charge in [-0.1, -0.05) is 18.2 Å². The van der Waals surface area contributed by atoms with E-state index < -0.39 is 10.0 Å². The second-order valence-electron chi connectivity index (χ2n) is 4.75. The monoisotopic (exact) mass is 314 g/mol. The van der Waals surface area contributed by atoms with Gasteiger partial charge in [-0.2, -0.15) is 5.10 Å². The Kier molecular flexibility index (Phi) is 3.66. The van der Waals surface area contributed by atoms with Crippen LogP contribution in [0.3, 0.4) is 0 Å². The first-order valence-corrected chi connectivity index (χ1v) is 8.07. The molecule has 7 heteroatoms. The highest BCUT2D eigenvalue weighted by atomic mass is 32.2. The van der Waals surface area contributed by atoms with Gasteiger partial charge < -0.3 is 4.98 Å². The number of hydrogen-bond acceptors (Lipinski definition) is 4. The van der Waals surface area contributed by atoms with Gasteiger partial charge in [0.2, 0.25) is 10.0 Å². The number of H-pyrrole nitrogens is 1. The molecule has 112 valence electrons. The number of nitrogens with zero attached hydrogens (tertiary/aromatic N) is 1. The highest BCUT2D eigenvalue weighted by Gasteiger charge is 2.06. The van der Waals surface area contributed by atoms with E-state index in [0.717, 1.165) is 16.6 Å². The molecular weight excluding hydrogens is 300 g/mol. The number of hydrazone groups is 1. The molecule has 0 amide bonds. The Morgan fingerprint density at radius 2 is 1.82 bits per heavy atom. The Labute approximate surface area is 127 Å². The minimum absolute atomic E-state index is 0.0673. The topological polar surface area (TPSA) is 100 Å². The zero-order chi connectivity index (χ0) is 15.6. The molecule has 0 atom stereocenters. The lowest BCUT2D eigenvalue weighted by molar-refractivity contribution is 0.598. The first kappa shape index (κ1) is 14.3. The molecule has 0 aliphatic heterocycles. The van der Waals surface area contributed by atoms with Crippen molar-refractivity contribution in [2.75, 3.05) is 5.43 Å². The van der Waals surface area contributed by atoms with Crippen molar-refractivity contribution < 1.29 is 8.42 Å². The number of aromatic amines is 1. The number of hydrogen-bond donors (Lipinski definition) is 3. The molecule has 22 heavy (non-hydrogen) atoms. The van der Waals surface area contributed by atoms with Crippen LogP contribution >= 0.6 is 0 Å². The predicted molar refractivity (Wildman–Crippen MR) is 87.3 cm³/mol. The van der Waals surface area contributed by atoms with Crippen molar-refractivity contribution in [2.45, 2.75) is 4.90 Å². The Balaban J connectivity index is 1.71. The maximum absolute atomic E-state index is 11.2. The second kappa shape index (κ2) is 5.63. The first-order valence-electron chi connectivity index (χ1n) is 6.52. The molecule has 4 N–H and O–H groups in total. The molecular formula is C15H14N4O2S. The van der Waals surface area contributed by atoms with Crippen LogP contribution in [0.4, 0.5) is 5.69 Å². The van der Waals surface area contributed by atoms with Crippen LogP contribution in [-0.4, -0.2) is 19.6 Å². The third-order valence-electron chi connectivity index (χ3n) is 3.13. The summed E-state index contributed by atoms with van der Waals surface area (Å²) in [5, 5.41) is 10.3. The van der Waals surface area contributed by atoms with Crippen molar-refractivity contribution >= 4 is 32.8 Å². The average Bonchev–Trinajstić information content (AvgIpc) is 2.89. The van der Waals surface area contributed by atoms with Crippen LogP contribution in [0.1, 0.15) is 5.69 Å². The van der Waals surface area contributed by atoms with Gasteiger partial charge in [0.25, 0.3) is 0 Å². The Morgan fingerprint density at radius 1 is 1.09 bits per heavy atom. The smallest absolute Gasteiger partial charge is 0.238 e. The molecule has 0 saturated heterocycles. The third-order valence-corrected chi connectivity index (χ3v) is 4.06. The maximum atomic E-state index is 11.2. The van der Waals surface area contributed by atoms with Gasteiger partial charge in [0.1, 0.15) is 0 Å². The van der Waals surface area contributed by atoms with Crippen molar-refractivity contribution in [2.24, 2.45) is 10.2 Å². The fourth-order valence-corrected chi connectivity index (χ4v) is 2.58. The van der Waals surface area contributed by atoms with E-state index in [1.165, 1.54) is 12.1 Å². The van der Waals surface area contributed by atoms with Crippen molar-refractivity contribution in [3.05, 3.63) is 60.3 Å². The summed E-state index contributed by atoms with van der Waals surface area (Å²) in [4.78, 5) is 3.29. The van der Waals surface area contributed by atoms with Gasteiger partial charge in [0.15, 0.2) is 0 Å². The van der Waals surface area contributed by atoms with Gasteiger partial charge in [-0.3, -0.25) is 5.43 Å². The number of anilines is 1. The zero-order valence-corrected chi connectivity index (χ0v) is 12.3. The number of primary sulfonamides is 1. The van der Waals surface area contributed by atoms with Crippen LogP contribution in [0.5, 0.6) is 0 Å². The molecule has 6 nitrogen and oxygen atoms in total. The molecule has 3 rings (SSSR count). The van der Waals surface area contributed by atoms with Gasteiger partial charge >= 0.3 is 0 Å². The summed E-state index contributed by atoms with van der Waals surface area (Å²) in [6, 6.07) is 16.0. The average molecular weight is 314 g/mol. The number of aromatic nitrogens is 1. The van der Waals surface area contributed by atoms with Gasteiger partial charge in [-0.25, -0.2) is 13.6 Å². The first-order chi connectivity index (χ1) is 10.5. The molecule has 1 heterocycles. The fourth-order valence-electron chi connectivity index (χ4n) is 2.06. The lowest BCUT2D eigenvalue weighted by Gasteiger charge is -2.01. The van der Waals surface area contributed by atoms with Gasteiger partial charge in [-0.05, 0) is 36.4 Å². The minimum atomic E-state index is -3.67. The van der Waals surface area contributed by atoms with Crippen LogP contribution in [0, 0.1) is 0 Å². The molecule has 0 aliphatic carbocycles. The summed E-state index contributed by atoms with van der Waals surface area (Å²) in [5.74, 6) is 0. The standard InChI is InChI=1S/C15H14N4O2S/c16-22(20,21)14-7-5-12(6-8-14)19-17-10-13-9-11-3-1-2-4-15(11)18-13/h1-10,18-19H,(H2,16,20,21). The third kappa shape index (κ3) is 3.16. The van der Waals surface area contributed by atoms with Gasteiger partial charge in [-0.15, -0.1) is 0 Å². The normalized spacial score (nSPS) is 12.0. The van der Waals surface area contributed by atoms with Crippen LogP contribution in [0.2, 0.25) is 0 Å². The predicted octanol–water partition coefficient (Wildman–Crippen LogP) is 2.26. The molecule has 0 radical (unpaired) electrons. The summed E-state index contributed by atoms with van der Waals surface area (Å²) in [5.41, 5.74) is 5.41. The van der Waals surface area contributed by atoms with Crippen molar-refractivity contribution in [3.63, 3.8) is 0 Å². The molecule has 3 aromatic rings. The number of nitrogens with one attached hydrogen (secondary N) is 2. The summed E-state index contributed by atoms with van der Waals surface area (Å²) in [7, 11) is -3.67. The van der Waals surface area contributed by atoms with Crippen LogP contribution in [0.25, 0.3) is 10.9 Å². The number of benzene rings is 2. The Hall–Kier alpha value is -2.64. The van der Waals surface area contributed by atoms with Crippen molar-refractivity contribution in [3.8, 4) is 0 Å². The van der Waals surface area contributed by atoms with E-state index in [1.807, 2.05) is 30.3 Å². The highest BCUT2D eigenvalue weighted by Crippen LogP contribution is 2.14. The van der Waals surface area contributed by atoms with Crippen LogP contribution < -0.4 is 10.6 Å². The second-order valence-corrected chi connectivity index (χ2v) is 6.31. The minimum Gasteiger partial charge on any atom is -0.354 e.